The number of hydrogen-bond acceptors (Lipinski definition) is 4. The van der Waals surface area contributed by atoms with Gasteiger partial charge in [0, 0.05) is 0 Å². The Morgan fingerprint density at radius 3 is 2.28 bits per heavy atom. The number of aliphatic carboxylic acids is 1. The van der Waals surface area contributed by atoms with E-state index in [1.807, 2.05) is 0 Å². The number of carbonyl (C=O) groups excluding carboxylic acids is 2. The van der Waals surface area contributed by atoms with Crippen molar-refractivity contribution in [2.24, 2.45) is 11.1 Å². The third-order valence-corrected chi connectivity index (χ3v) is 2.02. The lowest BCUT2D eigenvalue weighted by Gasteiger charge is -2.27. The summed E-state index contributed by atoms with van der Waals surface area (Å²) in [5.41, 5.74) is 4.10. The van der Waals surface area contributed by atoms with Gasteiger partial charge in [0.15, 0.2) is 0 Å². The quantitative estimate of drug-likeness (QED) is 0.512. The molecule has 0 bridgehead atoms. The lowest BCUT2D eigenvalue weighted by Crippen LogP contribution is -2.52. The molecular weight excluding hydrogens is 242 g/mol. The van der Waals surface area contributed by atoms with E-state index in [4.69, 9.17) is 10.8 Å². The summed E-state index contributed by atoms with van der Waals surface area (Å²) in [5, 5.41) is 13.6. The monoisotopic (exact) mass is 261 g/mol. The van der Waals surface area contributed by atoms with Crippen LogP contribution in [0.2, 0.25) is 0 Å². The molecule has 0 aliphatic heterocycles. The Balaban J connectivity index is 4.12. The molecule has 8 nitrogen and oxygen atoms in total. The number of nitrogens with one attached hydrogen (secondary N) is 2. The smallest absolute Gasteiger partial charge is 0.404 e. The summed E-state index contributed by atoms with van der Waals surface area (Å²) in [4.78, 5) is 32.6. The van der Waals surface area contributed by atoms with Crippen LogP contribution in [0, 0.1) is 5.41 Å². The minimum atomic E-state index is -1.12. The topological polar surface area (TPSA) is 131 Å². The maximum Gasteiger partial charge on any atom is 0.404 e. The van der Waals surface area contributed by atoms with Gasteiger partial charge in [0.25, 0.3) is 0 Å². The van der Waals surface area contributed by atoms with Gasteiger partial charge in [0.2, 0.25) is 0 Å². The molecule has 0 unspecified atom stereocenters. The van der Waals surface area contributed by atoms with Crippen LogP contribution in [0.4, 0.5) is 9.59 Å². The molecule has 0 heterocycles. The molecule has 5 N–H and O–H groups in total. The number of primary amides is 1. The van der Waals surface area contributed by atoms with Crippen LogP contribution >= 0.6 is 0 Å². The van der Waals surface area contributed by atoms with E-state index in [2.05, 4.69) is 15.4 Å². The molecule has 0 aliphatic rings. The third kappa shape index (κ3) is 6.56. The van der Waals surface area contributed by atoms with Gasteiger partial charge < -0.3 is 26.2 Å². The highest BCUT2D eigenvalue weighted by atomic mass is 16.5. The zero-order valence-electron chi connectivity index (χ0n) is 10.6. The molecular formula is C10H19N3O5. The Kier molecular flexibility index (Phi) is 5.94. The first kappa shape index (κ1) is 16.0. The van der Waals surface area contributed by atoms with Gasteiger partial charge in [-0.2, -0.15) is 0 Å². The predicted octanol–water partition coefficient (Wildman–Crippen LogP) is -0.120. The maximum atomic E-state index is 11.4. The number of amides is 3. The van der Waals surface area contributed by atoms with Gasteiger partial charge in [-0.05, 0) is 5.41 Å². The van der Waals surface area contributed by atoms with Crippen molar-refractivity contribution in [3.63, 3.8) is 0 Å². The molecule has 0 saturated carbocycles. The Morgan fingerprint density at radius 2 is 1.89 bits per heavy atom. The second-order valence-corrected chi connectivity index (χ2v) is 4.71. The Hall–Kier alpha value is -1.99. The number of nitrogens with two attached hydrogens (primary N) is 1. The van der Waals surface area contributed by atoms with Crippen LogP contribution in [0.1, 0.15) is 20.8 Å². The lowest BCUT2D eigenvalue weighted by molar-refractivity contribution is -0.141. The minimum absolute atomic E-state index is 0.0469. The molecule has 8 heteroatoms. The molecule has 0 aromatic rings. The van der Waals surface area contributed by atoms with Gasteiger partial charge >= 0.3 is 18.1 Å². The fourth-order valence-electron chi connectivity index (χ4n) is 1.15. The van der Waals surface area contributed by atoms with Gasteiger partial charge in [-0.25, -0.2) is 14.4 Å². The Bertz CT molecular complexity index is 324. The lowest BCUT2D eigenvalue weighted by atomic mass is 9.87. The molecule has 0 rings (SSSR count). The van der Waals surface area contributed by atoms with Crippen LogP contribution < -0.4 is 16.4 Å². The average Bonchev–Trinajstić information content (AvgIpc) is 2.18. The standard InChI is InChI=1S/C10H19N3O5/c1-10(2,3)6(7(14)15)13-9(17)12-4-5-18-8(11)16/h6H,4-5H2,1-3H3,(H2,11,16)(H,14,15)(H2,12,13,17)/t6-/m0/s1. The molecule has 0 aromatic carbocycles. The maximum absolute atomic E-state index is 11.4. The van der Waals surface area contributed by atoms with E-state index in [0.29, 0.717) is 0 Å². The van der Waals surface area contributed by atoms with Crippen molar-refractivity contribution in [1.82, 2.24) is 10.6 Å². The summed E-state index contributed by atoms with van der Waals surface area (Å²) in [6, 6.07) is -1.67. The minimum Gasteiger partial charge on any atom is -0.480 e. The van der Waals surface area contributed by atoms with Gasteiger partial charge in [0.05, 0.1) is 6.54 Å². The van der Waals surface area contributed by atoms with E-state index in [9.17, 15) is 14.4 Å². The largest absolute Gasteiger partial charge is 0.480 e. The van der Waals surface area contributed by atoms with Crippen molar-refractivity contribution in [3.8, 4) is 0 Å². The summed E-state index contributed by atoms with van der Waals surface area (Å²) < 4.78 is 4.39. The van der Waals surface area contributed by atoms with Crippen LogP contribution in [-0.4, -0.2) is 42.4 Å². The first-order chi connectivity index (χ1) is 8.14. The normalized spacial score (nSPS) is 12.4. The van der Waals surface area contributed by atoms with E-state index < -0.39 is 29.6 Å². The van der Waals surface area contributed by atoms with Gasteiger partial charge in [-0.15, -0.1) is 0 Å². The number of carboxylic acid groups (broad SMARTS) is 1. The molecule has 0 spiro atoms. The summed E-state index contributed by atoms with van der Waals surface area (Å²) in [6.07, 6.45) is -0.935. The van der Waals surface area contributed by atoms with Crippen LogP contribution in [0.15, 0.2) is 0 Å². The van der Waals surface area contributed by atoms with E-state index in [-0.39, 0.29) is 13.2 Å². The number of carboxylic acids is 1. The van der Waals surface area contributed by atoms with Gasteiger partial charge in [-0.1, -0.05) is 20.8 Å². The molecule has 104 valence electrons. The Labute approximate surface area is 105 Å². The fourth-order valence-corrected chi connectivity index (χ4v) is 1.15. The SMILES string of the molecule is CC(C)(C)[C@@H](NC(=O)NCCOC(N)=O)C(=O)O. The number of urea groups is 1. The van der Waals surface area contributed by atoms with Crippen molar-refractivity contribution in [2.45, 2.75) is 26.8 Å². The van der Waals surface area contributed by atoms with Crippen molar-refractivity contribution in [3.05, 3.63) is 0 Å². The summed E-state index contributed by atoms with van der Waals surface area (Å²) in [6.45, 7) is 5.06. The molecule has 1 atom stereocenters. The van der Waals surface area contributed by atoms with E-state index in [1.165, 1.54) is 0 Å². The fraction of sp³-hybridized carbons (Fsp3) is 0.700. The highest BCUT2D eigenvalue weighted by Gasteiger charge is 2.32. The average molecular weight is 261 g/mol. The van der Waals surface area contributed by atoms with Crippen LogP contribution in [0.5, 0.6) is 0 Å². The third-order valence-electron chi connectivity index (χ3n) is 2.02. The molecule has 0 fully saturated rings. The number of ether oxygens (including phenoxy) is 1. The van der Waals surface area contributed by atoms with Crippen molar-refractivity contribution in [2.75, 3.05) is 13.2 Å². The van der Waals surface area contributed by atoms with Crippen LogP contribution in [0.25, 0.3) is 0 Å². The van der Waals surface area contributed by atoms with Crippen molar-refractivity contribution < 1.29 is 24.2 Å². The zero-order valence-corrected chi connectivity index (χ0v) is 10.6. The second kappa shape index (κ2) is 6.67. The van der Waals surface area contributed by atoms with Gasteiger partial charge in [0.1, 0.15) is 12.6 Å². The summed E-state index contributed by atoms with van der Waals surface area (Å²) >= 11 is 0. The molecule has 18 heavy (non-hydrogen) atoms. The first-order valence-corrected chi connectivity index (χ1v) is 5.34. The predicted molar refractivity (Wildman–Crippen MR) is 62.9 cm³/mol. The molecule has 0 aromatic heterocycles. The van der Waals surface area contributed by atoms with E-state index >= 15 is 0 Å². The molecule has 0 saturated heterocycles. The van der Waals surface area contributed by atoms with E-state index in [1.54, 1.807) is 20.8 Å². The molecule has 0 aliphatic carbocycles. The van der Waals surface area contributed by atoms with Crippen LogP contribution in [0.3, 0.4) is 0 Å². The highest BCUT2D eigenvalue weighted by Crippen LogP contribution is 2.19. The van der Waals surface area contributed by atoms with Gasteiger partial charge in [-0.3, -0.25) is 0 Å². The number of rotatable bonds is 5. The van der Waals surface area contributed by atoms with Crippen molar-refractivity contribution in [1.29, 1.82) is 0 Å². The second-order valence-electron chi connectivity index (χ2n) is 4.71. The first-order valence-electron chi connectivity index (χ1n) is 5.34. The summed E-state index contributed by atoms with van der Waals surface area (Å²) in [7, 11) is 0. The van der Waals surface area contributed by atoms with Crippen molar-refractivity contribution >= 4 is 18.1 Å². The number of hydrogen-bond donors (Lipinski definition) is 4. The number of carbonyl (C=O) groups is 3. The molecule has 0 radical (unpaired) electrons. The zero-order chi connectivity index (χ0) is 14.3. The summed E-state index contributed by atoms with van der Waals surface area (Å²) in [5.74, 6) is -1.12. The van der Waals surface area contributed by atoms with E-state index in [0.717, 1.165) is 0 Å². The Morgan fingerprint density at radius 1 is 1.33 bits per heavy atom. The highest BCUT2D eigenvalue weighted by molar-refractivity contribution is 5.83. The molecule has 3 amide bonds. The van der Waals surface area contributed by atoms with Crippen LogP contribution in [-0.2, 0) is 9.53 Å².